The van der Waals surface area contributed by atoms with Gasteiger partial charge in [0.05, 0.1) is 22.9 Å². The number of fused-ring (bicyclic) bond motifs is 1. The van der Waals surface area contributed by atoms with E-state index in [1.54, 1.807) is 17.2 Å². The molecule has 1 aromatic carbocycles. The van der Waals surface area contributed by atoms with E-state index in [0.29, 0.717) is 5.69 Å². The molecular formula is C16H16N2O3S. The Hall–Kier alpha value is -2.21. The SMILES string of the molecule is Cc1occc1S[C@H](C)C(=O)N1CC(=O)Nc2ccccc21. The van der Waals surface area contributed by atoms with Crippen LogP contribution in [0.1, 0.15) is 12.7 Å². The molecule has 0 unspecified atom stereocenters. The van der Waals surface area contributed by atoms with Gasteiger partial charge in [-0.05, 0) is 32.0 Å². The molecule has 1 aromatic heterocycles. The third-order valence-corrected chi connectivity index (χ3v) is 4.73. The van der Waals surface area contributed by atoms with Crippen molar-refractivity contribution in [1.82, 2.24) is 0 Å². The van der Waals surface area contributed by atoms with Crippen molar-refractivity contribution in [3.05, 3.63) is 42.4 Å². The molecule has 22 heavy (non-hydrogen) atoms. The third-order valence-electron chi connectivity index (χ3n) is 3.50. The maximum atomic E-state index is 12.7. The number of hydrogen-bond donors (Lipinski definition) is 1. The molecule has 2 amide bonds. The van der Waals surface area contributed by atoms with E-state index >= 15 is 0 Å². The molecule has 0 saturated heterocycles. The minimum absolute atomic E-state index is 0.0467. The van der Waals surface area contributed by atoms with Crippen LogP contribution in [0, 0.1) is 6.92 Å². The second kappa shape index (κ2) is 5.88. The Morgan fingerprint density at radius 2 is 2.14 bits per heavy atom. The van der Waals surface area contributed by atoms with Crippen LogP contribution in [-0.2, 0) is 9.59 Å². The molecule has 2 heterocycles. The molecule has 2 aromatic rings. The lowest BCUT2D eigenvalue weighted by Crippen LogP contribution is -2.45. The highest BCUT2D eigenvalue weighted by molar-refractivity contribution is 8.00. The summed E-state index contributed by atoms with van der Waals surface area (Å²) in [6.45, 7) is 3.75. The molecule has 6 heteroatoms. The summed E-state index contributed by atoms with van der Waals surface area (Å²) in [5, 5.41) is 2.47. The molecule has 0 bridgehead atoms. The van der Waals surface area contributed by atoms with E-state index < -0.39 is 0 Å². The summed E-state index contributed by atoms with van der Waals surface area (Å²) in [5.41, 5.74) is 1.41. The van der Waals surface area contributed by atoms with E-state index in [4.69, 9.17) is 4.42 Å². The molecule has 0 spiro atoms. The van der Waals surface area contributed by atoms with Gasteiger partial charge in [0.25, 0.3) is 0 Å². The number of anilines is 2. The second-order valence-electron chi connectivity index (χ2n) is 5.09. The molecule has 3 rings (SSSR count). The monoisotopic (exact) mass is 316 g/mol. The van der Waals surface area contributed by atoms with Gasteiger partial charge in [0, 0.05) is 4.90 Å². The van der Waals surface area contributed by atoms with Crippen LogP contribution < -0.4 is 10.2 Å². The molecule has 5 nitrogen and oxygen atoms in total. The number of thioether (sulfide) groups is 1. The van der Waals surface area contributed by atoms with Crippen molar-refractivity contribution >= 4 is 35.0 Å². The van der Waals surface area contributed by atoms with Gasteiger partial charge >= 0.3 is 0 Å². The number of furan rings is 1. The van der Waals surface area contributed by atoms with Crippen molar-refractivity contribution in [3.8, 4) is 0 Å². The molecule has 0 saturated carbocycles. The minimum Gasteiger partial charge on any atom is -0.468 e. The smallest absolute Gasteiger partial charge is 0.244 e. The van der Waals surface area contributed by atoms with Gasteiger partial charge in [-0.2, -0.15) is 0 Å². The number of amides is 2. The first-order valence-corrected chi connectivity index (χ1v) is 7.85. The Balaban J connectivity index is 1.83. The van der Waals surface area contributed by atoms with Crippen LogP contribution in [0.4, 0.5) is 11.4 Å². The average molecular weight is 316 g/mol. The Kier molecular flexibility index (Phi) is 3.94. The zero-order chi connectivity index (χ0) is 15.7. The lowest BCUT2D eigenvalue weighted by atomic mass is 10.2. The maximum Gasteiger partial charge on any atom is 0.244 e. The average Bonchev–Trinajstić information content (AvgIpc) is 2.90. The normalized spacial score (nSPS) is 15.2. The summed E-state index contributed by atoms with van der Waals surface area (Å²) in [6.07, 6.45) is 1.61. The first kappa shape index (κ1) is 14.7. The molecule has 0 aliphatic carbocycles. The van der Waals surface area contributed by atoms with Crippen LogP contribution >= 0.6 is 11.8 Å². The van der Waals surface area contributed by atoms with Gasteiger partial charge in [0.1, 0.15) is 12.3 Å². The van der Waals surface area contributed by atoms with Crippen LogP contribution in [0.15, 0.2) is 45.9 Å². The number of nitrogens with zero attached hydrogens (tertiary/aromatic N) is 1. The first-order chi connectivity index (χ1) is 10.6. The summed E-state index contributed by atoms with van der Waals surface area (Å²) >= 11 is 1.44. The van der Waals surface area contributed by atoms with Crippen molar-refractivity contribution in [2.75, 3.05) is 16.8 Å². The molecule has 1 aliphatic rings. The fraction of sp³-hybridized carbons (Fsp3) is 0.250. The van der Waals surface area contributed by atoms with Gasteiger partial charge in [0.2, 0.25) is 11.8 Å². The van der Waals surface area contributed by atoms with Gasteiger partial charge in [-0.1, -0.05) is 12.1 Å². The molecule has 1 atom stereocenters. The number of benzene rings is 1. The van der Waals surface area contributed by atoms with Crippen molar-refractivity contribution in [2.45, 2.75) is 24.0 Å². The summed E-state index contributed by atoms with van der Waals surface area (Å²) in [6, 6.07) is 9.17. The Bertz CT molecular complexity index is 726. The van der Waals surface area contributed by atoms with Crippen molar-refractivity contribution < 1.29 is 14.0 Å². The third kappa shape index (κ3) is 2.74. The Morgan fingerprint density at radius 1 is 1.36 bits per heavy atom. The lowest BCUT2D eigenvalue weighted by Gasteiger charge is -2.30. The second-order valence-corrected chi connectivity index (χ2v) is 6.47. The lowest BCUT2D eigenvalue weighted by molar-refractivity contribution is -0.121. The van der Waals surface area contributed by atoms with Gasteiger partial charge in [-0.15, -0.1) is 11.8 Å². The van der Waals surface area contributed by atoms with E-state index in [-0.39, 0.29) is 23.6 Å². The number of aryl methyl sites for hydroxylation is 1. The number of rotatable bonds is 3. The molecule has 1 N–H and O–H groups in total. The number of hydrogen-bond acceptors (Lipinski definition) is 4. The van der Waals surface area contributed by atoms with Gasteiger partial charge in [-0.25, -0.2) is 0 Å². The highest BCUT2D eigenvalue weighted by atomic mass is 32.2. The number of carbonyl (C=O) groups excluding carboxylic acids is 2. The van der Waals surface area contributed by atoms with Crippen molar-refractivity contribution in [3.63, 3.8) is 0 Å². The van der Waals surface area contributed by atoms with E-state index in [9.17, 15) is 9.59 Å². The summed E-state index contributed by atoms with van der Waals surface area (Å²) in [7, 11) is 0. The topological polar surface area (TPSA) is 62.6 Å². The van der Waals surface area contributed by atoms with Gasteiger partial charge in [0.15, 0.2) is 0 Å². The van der Waals surface area contributed by atoms with E-state index in [2.05, 4.69) is 5.32 Å². The fourth-order valence-electron chi connectivity index (χ4n) is 2.39. The van der Waals surface area contributed by atoms with Gasteiger partial charge in [-0.3, -0.25) is 14.5 Å². The predicted molar refractivity (Wildman–Crippen MR) is 86.2 cm³/mol. The van der Waals surface area contributed by atoms with Crippen LogP contribution in [0.5, 0.6) is 0 Å². The number of carbonyl (C=O) groups is 2. The van der Waals surface area contributed by atoms with Crippen molar-refractivity contribution in [2.24, 2.45) is 0 Å². The zero-order valence-electron chi connectivity index (χ0n) is 12.3. The van der Waals surface area contributed by atoms with E-state index in [1.165, 1.54) is 11.8 Å². The largest absolute Gasteiger partial charge is 0.468 e. The number of nitrogens with one attached hydrogen (secondary N) is 1. The van der Waals surface area contributed by atoms with Crippen LogP contribution in [0.25, 0.3) is 0 Å². The highest BCUT2D eigenvalue weighted by Gasteiger charge is 2.30. The van der Waals surface area contributed by atoms with Crippen LogP contribution in [-0.4, -0.2) is 23.6 Å². The molecule has 114 valence electrons. The Labute approximate surface area is 132 Å². The first-order valence-electron chi connectivity index (χ1n) is 6.97. The molecular weight excluding hydrogens is 300 g/mol. The maximum absolute atomic E-state index is 12.7. The summed E-state index contributed by atoms with van der Waals surface area (Å²) in [4.78, 5) is 27.0. The predicted octanol–water partition coefficient (Wildman–Crippen LogP) is 3.05. The van der Waals surface area contributed by atoms with Crippen molar-refractivity contribution in [1.29, 1.82) is 0 Å². The molecule has 1 aliphatic heterocycles. The summed E-state index contributed by atoms with van der Waals surface area (Å²) in [5.74, 6) is 0.526. The molecule has 0 fully saturated rings. The molecule has 0 radical (unpaired) electrons. The number of para-hydroxylation sites is 2. The zero-order valence-corrected chi connectivity index (χ0v) is 13.1. The summed E-state index contributed by atoms with van der Waals surface area (Å²) < 4.78 is 5.25. The standard InChI is InChI=1S/C16H16N2O3S/c1-10-14(7-8-21-10)22-11(2)16(20)18-9-15(19)17-12-5-3-4-6-13(12)18/h3-8,11H,9H2,1-2H3,(H,17,19)/t11-/m1/s1. The van der Waals surface area contributed by atoms with Crippen LogP contribution in [0.3, 0.4) is 0 Å². The highest BCUT2D eigenvalue weighted by Crippen LogP contribution is 2.33. The Morgan fingerprint density at radius 3 is 2.86 bits per heavy atom. The van der Waals surface area contributed by atoms with E-state index in [0.717, 1.165) is 16.3 Å². The van der Waals surface area contributed by atoms with Gasteiger partial charge < -0.3 is 9.73 Å². The quantitative estimate of drug-likeness (QED) is 0.884. The fourth-order valence-corrected chi connectivity index (χ4v) is 3.34. The van der Waals surface area contributed by atoms with E-state index in [1.807, 2.05) is 38.1 Å². The van der Waals surface area contributed by atoms with Crippen LogP contribution in [0.2, 0.25) is 0 Å². The minimum atomic E-state index is -0.310.